The summed E-state index contributed by atoms with van der Waals surface area (Å²) in [6, 6.07) is 65.7. The molecule has 0 bridgehead atoms. The van der Waals surface area contributed by atoms with Crippen LogP contribution in [0.2, 0.25) is 0 Å². The summed E-state index contributed by atoms with van der Waals surface area (Å²) in [6.07, 6.45) is 0. The van der Waals surface area contributed by atoms with Gasteiger partial charge in [0.1, 0.15) is 11.2 Å². The van der Waals surface area contributed by atoms with E-state index < -0.39 is 0 Å². The molecule has 0 aliphatic rings. The molecule has 3 aromatic heterocycles. The predicted octanol–water partition coefficient (Wildman–Crippen LogP) is 14.1. The molecule has 0 atom stereocenters. The highest BCUT2D eigenvalue weighted by molar-refractivity contribution is 7.25. The topological polar surface area (TPSA) is 51.8 Å². The van der Waals surface area contributed by atoms with Crippen molar-refractivity contribution in [1.29, 1.82) is 0 Å². The molecule has 0 aliphatic heterocycles. The van der Waals surface area contributed by atoms with Crippen molar-refractivity contribution < 1.29 is 4.42 Å². The molecule has 0 saturated heterocycles. The van der Waals surface area contributed by atoms with Crippen LogP contribution in [-0.2, 0) is 0 Å². The zero-order chi connectivity index (χ0) is 37.0. The minimum absolute atomic E-state index is 0.588. The quantitative estimate of drug-likeness (QED) is 0.171. The Balaban J connectivity index is 1.02. The van der Waals surface area contributed by atoms with Gasteiger partial charge in [0.15, 0.2) is 17.5 Å². The second-order valence-electron chi connectivity index (χ2n) is 14.0. The second-order valence-corrected chi connectivity index (χ2v) is 15.0. The molecule has 262 valence electrons. The zero-order valence-electron chi connectivity index (χ0n) is 30.1. The summed E-state index contributed by atoms with van der Waals surface area (Å²) < 4.78 is 9.43. The van der Waals surface area contributed by atoms with Gasteiger partial charge in [-0.25, -0.2) is 15.0 Å². The molecule has 11 aromatic rings. The first-order valence-electron chi connectivity index (χ1n) is 18.7. The maximum atomic E-state index is 6.82. The molecule has 56 heavy (non-hydrogen) atoms. The largest absolute Gasteiger partial charge is 0.455 e. The lowest BCUT2D eigenvalue weighted by molar-refractivity contribution is 0.670. The third-order valence-corrected chi connectivity index (χ3v) is 11.7. The molecule has 5 heteroatoms. The van der Waals surface area contributed by atoms with Crippen LogP contribution >= 0.6 is 11.3 Å². The maximum absolute atomic E-state index is 6.82. The van der Waals surface area contributed by atoms with E-state index in [1.165, 1.54) is 36.9 Å². The van der Waals surface area contributed by atoms with E-state index in [0.29, 0.717) is 17.5 Å². The van der Waals surface area contributed by atoms with Crippen molar-refractivity contribution in [1.82, 2.24) is 15.0 Å². The molecule has 0 N–H and O–H groups in total. The van der Waals surface area contributed by atoms with Crippen LogP contribution in [0.15, 0.2) is 192 Å². The van der Waals surface area contributed by atoms with Crippen molar-refractivity contribution in [2.75, 3.05) is 0 Å². The molecule has 0 spiro atoms. The summed E-state index contributed by atoms with van der Waals surface area (Å²) in [6.45, 7) is 0. The fourth-order valence-corrected chi connectivity index (χ4v) is 8.89. The summed E-state index contributed by atoms with van der Waals surface area (Å²) in [7, 11) is 0. The third-order valence-electron chi connectivity index (χ3n) is 10.6. The summed E-state index contributed by atoms with van der Waals surface area (Å²) in [4.78, 5) is 15.0. The SMILES string of the molecule is c1ccc(-c2ccc(-c3nc(-c4ccccc4)nc(-c4ccc5c(c4)oc4c(-c6ccccc6-c6ccc7sc8ccccc8c7c6)cccc45)n3)cc2)cc1. The first-order chi connectivity index (χ1) is 27.7. The van der Waals surface area contributed by atoms with Gasteiger partial charge in [-0.15, -0.1) is 11.3 Å². The van der Waals surface area contributed by atoms with Crippen molar-refractivity contribution in [2.24, 2.45) is 0 Å². The average Bonchev–Trinajstić information content (AvgIpc) is 3.85. The molecule has 11 rings (SSSR count). The highest BCUT2D eigenvalue weighted by Crippen LogP contribution is 2.42. The van der Waals surface area contributed by atoms with Gasteiger partial charge in [-0.05, 0) is 58.1 Å². The van der Waals surface area contributed by atoms with Crippen molar-refractivity contribution in [3.63, 3.8) is 0 Å². The normalized spacial score (nSPS) is 11.6. The molecule has 0 amide bonds. The molecule has 0 radical (unpaired) electrons. The van der Waals surface area contributed by atoms with Gasteiger partial charge in [-0.2, -0.15) is 0 Å². The third kappa shape index (κ3) is 5.56. The maximum Gasteiger partial charge on any atom is 0.164 e. The molecule has 0 aliphatic carbocycles. The number of fused-ring (bicyclic) bond motifs is 6. The Morgan fingerprint density at radius 3 is 1.64 bits per heavy atom. The average molecular weight is 734 g/mol. The molecule has 8 aromatic carbocycles. The first-order valence-corrected chi connectivity index (χ1v) is 19.5. The number of furan rings is 1. The lowest BCUT2D eigenvalue weighted by Crippen LogP contribution is -2.00. The van der Waals surface area contributed by atoms with E-state index >= 15 is 0 Å². The fraction of sp³-hybridized carbons (Fsp3) is 0. The first kappa shape index (κ1) is 32.2. The van der Waals surface area contributed by atoms with Crippen LogP contribution in [-0.4, -0.2) is 15.0 Å². The number of nitrogens with zero attached hydrogens (tertiary/aromatic N) is 3. The minimum atomic E-state index is 0.588. The molecule has 3 heterocycles. The minimum Gasteiger partial charge on any atom is -0.455 e. The van der Waals surface area contributed by atoms with Crippen molar-refractivity contribution in [3.05, 3.63) is 188 Å². The van der Waals surface area contributed by atoms with Crippen LogP contribution in [0.4, 0.5) is 0 Å². The van der Waals surface area contributed by atoms with Crippen molar-refractivity contribution >= 4 is 53.4 Å². The van der Waals surface area contributed by atoms with Crippen molar-refractivity contribution in [3.8, 4) is 67.5 Å². The van der Waals surface area contributed by atoms with E-state index in [1.807, 2.05) is 47.7 Å². The van der Waals surface area contributed by atoms with Crippen molar-refractivity contribution in [2.45, 2.75) is 0 Å². The fourth-order valence-electron chi connectivity index (χ4n) is 7.81. The number of aromatic nitrogens is 3. The Kier molecular flexibility index (Phi) is 7.64. The highest BCUT2D eigenvalue weighted by atomic mass is 32.1. The molecule has 0 fully saturated rings. The Morgan fingerprint density at radius 2 is 0.857 bits per heavy atom. The van der Waals surface area contributed by atoms with Crippen LogP contribution in [0.5, 0.6) is 0 Å². The van der Waals surface area contributed by atoms with E-state index in [0.717, 1.165) is 55.3 Å². The Morgan fingerprint density at radius 1 is 0.321 bits per heavy atom. The number of para-hydroxylation sites is 1. The zero-order valence-corrected chi connectivity index (χ0v) is 30.9. The summed E-state index contributed by atoms with van der Waals surface area (Å²) in [5.41, 5.74) is 11.2. The van der Waals surface area contributed by atoms with Gasteiger partial charge in [0.25, 0.3) is 0 Å². The van der Waals surface area contributed by atoms with E-state index in [4.69, 9.17) is 19.4 Å². The van der Waals surface area contributed by atoms with Gasteiger partial charge in [0.2, 0.25) is 0 Å². The Hall–Kier alpha value is -7.21. The lowest BCUT2D eigenvalue weighted by atomic mass is 9.93. The van der Waals surface area contributed by atoms with E-state index in [2.05, 4.69) is 152 Å². The number of benzene rings is 8. The van der Waals surface area contributed by atoms with Crippen LogP contribution in [0, 0.1) is 0 Å². The van der Waals surface area contributed by atoms with Gasteiger partial charge in [-0.3, -0.25) is 0 Å². The van der Waals surface area contributed by atoms with Gasteiger partial charge < -0.3 is 4.42 Å². The number of rotatable bonds is 6. The number of hydrogen-bond acceptors (Lipinski definition) is 5. The smallest absolute Gasteiger partial charge is 0.164 e. The standard InChI is InChI=1S/C51H31N3OS/c1-3-12-32(13-4-1)33-22-24-35(25-23-33)50-52-49(34-14-5-2-6-15-34)53-51(54-50)37-26-28-40-43-20-11-19-42(48(43)55-45(40)31-37)39-17-8-7-16-38(39)36-27-29-47-44(30-36)41-18-9-10-21-46(41)56-47/h1-31H. The van der Waals surface area contributed by atoms with E-state index in [-0.39, 0.29) is 0 Å². The van der Waals surface area contributed by atoms with Gasteiger partial charge in [-0.1, -0.05) is 158 Å². The van der Waals surface area contributed by atoms with Crippen LogP contribution in [0.1, 0.15) is 0 Å². The highest BCUT2D eigenvalue weighted by Gasteiger charge is 2.18. The summed E-state index contributed by atoms with van der Waals surface area (Å²) >= 11 is 1.84. The number of hydrogen-bond donors (Lipinski definition) is 0. The van der Waals surface area contributed by atoms with Gasteiger partial charge in [0, 0.05) is 53.2 Å². The number of thiophene rings is 1. The predicted molar refractivity (Wildman–Crippen MR) is 233 cm³/mol. The van der Waals surface area contributed by atoms with Gasteiger partial charge in [0.05, 0.1) is 0 Å². The molecular weight excluding hydrogens is 703 g/mol. The molecule has 0 saturated carbocycles. The van der Waals surface area contributed by atoms with Gasteiger partial charge >= 0.3 is 0 Å². The van der Waals surface area contributed by atoms with Crippen LogP contribution in [0.3, 0.4) is 0 Å². The summed E-state index contributed by atoms with van der Waals surface area (Å²) in [5.74, 6) is 1.82. The molecule has 0 unspecified atom stereocenters. The monoisotopic (exact) mass is 733 g/mol. The second kappa shape index (κ2) is 13.3. The lowest BCUT2D eigenvalue weighted by Gasteiger charge is -2.11. The summed E-state index contributed by atoms with van der Waals surface area (Å²) in [5, 5.41) is 4.69. The van der Waals surface area contributed by atoms with Crippen LogP contribution in [0.25, 0.3) is 110 Å². The van der Waals surface area contributed by atoms with E-state index in [9.17, 15) is 0 Å². The van der Waals surface area contributed by atoms with Crippen LogP contribution < -0.4 is 0 Å². The van der Waals surface area contributed by atoms with E-state index in [1.54, 1.807) is 0 Å². The Labute approximate surface area is 327 Å². The molecule has 4 nitrogen and oxygen atoms in total. The Bertz CT molecular complexity index is 3240. The molecular formula is C51H31N3OS.